The predicted molar refractivity (Wildman–Crippen MR) is 75.5 cm³/mol. The van der Waals surface area contributed by atoms with E-state index in [-0.39, 0.29) is 0 Å². The van der Waals surface area contributed by atoms with Crippen molar-refractivity contribution in [2.45, 2.75) is 13.0 Å². The summed E-state index contributed by atoms with van der Waals surface area (Å²) in [6, 6.07) is 11.3. The number of pyridine rings is 1. The van der Waals surface area contributed by atoms with Crippen molar-refractivity contribution in [2.75, 3.05) is 6.54 Å². The minimum Gasteiger partial charge on any atom is -0.508 e. The maximum absolute atomic E-state index is 9.17. The van der Waals surface area contributed by atoms with Crippen molar-refractivity contribution < 1.29 is 5.11 Å². The van der Waals surface area contributed by atoms with Gasteiger partial charge in [-0.15, -0.1) is 0 Å². The molecule has 0 atom stereocenters. The first-order valence-corrected chi connectivity index (χ1v) is 6.62. The number of hydrogen-bond donors (Lipinski definition) is 2. The molecule has 18 heavy (non-hydrogen) atoms. The molecule has 1 heterocycles. The Bertz CT molecular complexity index is 435. The van der Waals surface area contributed by atoms with Gasteiger partial charge in [0, 0.05) is 17.2 Å². The van der Waals surface area contributed by atoms with Crippen molar-refractivity contribution in [3.05, 3.63) is 58.3 Å². The van der Waals surface area contributed by atoms with Crippen LogP contribution in [0.5, 0.6) is 5.75 Å². The number of rotatable bonds is 5. The molecule has 0 fully saturated rings. The van der Waals surface area contributed by atoms with Gasteiger partial charge in [0.05, 0.1) is 5.69 Å². The molecule has 0 radical (unpaired) electrons. The fourth-order valence-electron chi connectivity index (χ4n) is 1.62. The normalized spacial score (nSPS) is 10.5. The molecular formula is C14H15BrN2O. The average molecular weight is 307 g/mol. The Balaban J connectivity index is 1.73. The number of phenolic OH excluding ortho intramolecular Hbond substituents is 1. The molecule has 0 aliphatic carbocycles. The van der Waals surface area contributed by atoms with E-state index < -0.39 is 0 Å². The number of nitrogens with one attached hydrogen (secondary N) is 1. The van der Waals surface area contributed by atoms with Crippen LogP contribution in [-0.4, -0.2) is 16.6 Å². The third-order valence-corrected chi connectivity index (χ3v) is 3.09. The Morgan fingerprint density at radius 1 is 1.11 bits per heavy atom. The molecular weight excluding hydrogens is 292 g/mol. The van der Waals surface area contributed by atoms with Crippen molar-refractivity contribution in [3.8, 4) is 5.75 Å². The molecule has 4 heteroatoms. The summed E-state index contributed by atoms with van der Waals surface area (Å²) in [5.41, 5.74) is 2.24. The molecule has 1 aromatic heterocycles. The largest absolute Gasteiger partial charge is 0.508 e. The second-order valence-corrected chi connectivity index (χ2v) is 4.98. The fourth-order valence-corrected chi connectivity index (χ4v) is 1.86. The van der Waals surface area contributed by atoms with E-state index >= 15 is 0 Å². The molecule has 0 aliphatic rings. The number of hydrogen-bond acceptors (Lipinski definition) is 3. The third-order valence-electron chi connectivity index (χ3n) is 2.62. The average Bonchev–Trinajstić information content (AvgIpc) is 2.39. The highest BCUT2D eigenvalue weighted by atomic mass is 79.9. The second kappa shape index (κ2) is 6.52. The molecule has 0 amide bonds. The van der Waals surface area contributed by atoms with Gasteiger partial charge in [-0.05, 0) is 58.7 Å². The van der Waals surface area contributed by atoms with Gasteiger partial charge >= 0.3 is 0 Å². The van der Waals surface area contributed by atoms with Crippen molar-refractivity contribution in [1.82, 2.24) is 10.3 Å². The summed E-state index contributed by atoms with van der Waals surface area (Å²) in [5, 5.41) is 12.5. The van der Waals surface area contributed by atoms with E-state index in [1.165, 1.54) is 5.56 Å². The van der Waals surface area contributed by atoms with Crippen molar-refractivity contribution in [2.24, 2.45) is 0 Å². The van der Waals surface area contributed by atoms with Gasteiger partial charge < -0.3 is 10.4 Å². The molecule has 0 saturated heterocycles. The predicted octanol–water partition coefficient (Wildman–Crippen LogP) is 2.88. The summed E-state index contributed by atoms with van der Waals surface area (Å²) in [6.07, 6.45) is 2.74. The van der Waals surface area contributed by atoms with Crippen molar-refractivity contribution in [3.63, 3.8) is 0 Å². The molecule has 1 aromatic carbocycles. The molecule has 0 aliphatic heterocycles. The van der Waals surface area contributed by atoms with E-state index in [1.54, 1.807) is 18.3 Å². The summed E-state index contributed by atoms with van der Waals surface area (Å²) in [7, 11) is 0. The first-order chi connectivity index (χ1) is 8.74. The maximum Gasteiger partial charge on any atom is 0.115 e. The van der Waals surface area contributed by atoms with Crippen LogP contribution in [0.1, 0.15) is 11.3 Å². The van der Waals surface area contributed by atoms with Crippen LogP contribution >= 0.6 is 15.9 Å². The number of aromatic nitrogens is 1. The Labute approximate surface area is 115 Å². The van der Waals surface area contributed by atoms with E-state index in [4.69, 9.17) is 0 Å². The monoisotopic (exact) mass is 306 g/mol. The second-order valence-electron chi connectivity index (χ2n) is 4.06. The summed E-state index contributed by atoms with van der Waals surface area (Å²) in [6.45, 7) is 1.66. The lowest BCUT2D eigenvalue weighted by atomic mass is 10.1. The van der Waals surface area contributed by atoms with E-state index in [0.29, 0.717) is 5.75 Å². The first kappa shape index (κ1) is 13.1. The highest BCUT2D eigenvalue weighted by Crippen LogP contribution is 2.10. The van der Waals surface area contributed by atoms with E-state index in [9.17, 15) is 5.11 Å². The number of nitrogens with zero attached hydrogens (tertiary/aromatic N) is 1. The Morgan fingerprint density at radius 3 is 2.56 bits per heavy atom. The molecule has 0 spiro atoms. The van der Waals surface area contributed by atoms with Crippen LogP contribution < -0.4 is 5.32 Å². The number of phenols is 1. The lowest BCUT2D eigenvalue weighted by Gasteiger charge is -2.05. The zero-order valence-electron chi connectivity index (χ0n) is 9.94. The quantitative estimate of drug-likeness (QED) is 0.835. The van der Waals surface area contributed by atoms with Gasteiger partial charge in [0.25, 0.3) is 0 Å². The number of aromatic hydroxyl groups is 1. The van der Waals surface area contributed by atoms with Crippen molar-refractivity contribution in [1.29, 1.82) is 0 Å². The van der Waals surface area contributed by atoms with Crippen LogP contribution in [0.3, 0.4) is 0 Å². The van der Waals surface area contributed by atoms with E-state index in [2.05, 4.69) is 26.2 Å². The van der Waals surface area contributed by atoms with Gasteiger partial charge in [0.2, 0.25) is 0 Å². The van der Waals surface area contributed by atoms with Gasteiger partial charge in [-0.3, -0.25) is 4.98 Å². The standard InChI is InChI=1S/C14H15BrN2O/c15-12-3-4-13(17-9-12)10-16-8-7-11-1-5-14(18)6-2-11/h1-6,9,16,18H,7-8,10H2. The molecule has 2 aromatic rings. The molecule has 3 nitrogen and oxygen atoms in total. The van der Waals surface area contributed by atoms with Gasteiger partial charge in [-0.1, -0.05) is 12.1 Å². The molecule has 0 saturated carbocycles. The van der Waals surface area contributed by atoms with Crippen LogP contribution in [0.25, 0.3) is 0 Å². The van der Waals surface area contributed by atoms with Gasteiger partial charge in [0.15, 0.2) is 0 Å². The minimum atomic E-state index is 0.311. The topological polar surface area (TPSA) is 45.1 Å². The lowest BCUT2D eigenvalue weighted by molar-refractivity contribution is 0.475. The summed E-state index contributed by atoms with van der Waals surface area (Å²) in [5.74, 6) is 0.311. The fraction of sp³-hybridized carbons (Fsp3) is 0.214. The SMILES string of the molecule is Oc1ccc(CCNCc2ccc(Br)cn2)cc1. The Hall–Kier alpha value is -1.39. The van der Waals surface area contributed by atoms with Gasteiger partial charge in [-0.2, -0.15) is 0 Å². The summed E-state index contributed by atoms with van der Waals surface area (Å²) in [4.78, 5) is 4.29. The van der Waals surface area contributed by atoms with Crippen molar-refractivity contribution >= 4 is 15.9 Å². The van der Waals surface area contributed by atoms with Gasteiger partial charge in [-0.25, -0.2) is 0 Å². The molecule has 94 valence electrons. The van der Waals surface area contributed by atoms with Crippen LogP contribution in [0.15, 0.2) is 47.1 Å². The smallest absolute Gasteiger partial charge is 0.115 e. The molecule has 2 N–H and O–H groups in total. The van der Waals surface area contributed by atoms with Crippen LogP contribution in [0, 0.1) is 0 Å². The summed E-state index contributed by atoms with van der Waals surface area (Å²) >= 11 is 3.36. The molecule has 0 unspecified atom stereocenters. The number of halogens is 1. The Kier molecular flexibility index (Phi) is 4.73. The van der Waals surface area contributed by atoms with E-state index in [1.807, 2.05) is 24.3 Å². The molecule has 0 bridgehead atoms. The maximum atomic E-state index is 9.17. The van der Waals surface area contributed by atoms with Gasteiger partial charge in [0.1, 0.15) is 5.75 Å². The van der Waals surface area contributed by atoms with Crippen LogP contribution in [-0.2, 0) is 13.0 Å². The zero-order chi connectivity index (χ0) is 12.8. The van der Waals surface area contributed by atoms with Crippen LogP contribution in [0.2, 0.25) is 0 Å². The minimum absolute atomic E-state index is 0.311. The first-order valence-electron chi connectivity index (χ1n) is 5.83. The highest BCUT2D eigenvalue weighted by Gasteiger charge is 1.96. The highest BCUT2D eigenvalue weighted by molar-refractivity contribution is 9.10. The number of benzene rings is 1. The third kappa shape index (κ3) is 4.13. The molecule has 2 rings (SSSR count). The van der Waals surface area contributed by atoms with E-state index in [0.717, 1.165) is 29.7 Å². The summed E-state index contributed by atoms with van der Waals surface area (Å²) < 4.78 is 0.996. The van der Waals surface area contributed by atoms with Crippen LogP contribution in [0.4, 0.5) is 0 Å². The lowest BCUT2D eigenvalue weighted by Crippen LogP contribution is -2.17. The zero-order valence-corrected chi connectivity index (χ0v) is 11.5. The Morgan fingerprint density at radius 2 is 1.89 bits per heavy atom.